The highest BCUT2D eigenvalue weighted by atomic mass is 35.5. The molecular weight excluding hydrogens is 390 g/mol. The van der Waals surface area contributed by atoms with Crippen molar-refractivity contribution in [1.29, 1.82) is 0 Å². The molecule has 1 fully saturated rings. The van der Waals surface area contributed by atoms with Crippen LogP contribution >= 0.6 is 11.6 Å². The van der Waals surface area contributed by atoms with Crippen LogP contribution in [0.25, 0.3) is 11.0 Å². The predicted molar refractivity (Wildman–Crippen MR) is 100 cm³/mol. The number of fused-ring (bicyclic) bond motifs is 1. The van der Waals surface area contributed by atoms with Crippen molar-refractivity contribution in [1.82, 2.24) is 14.9 Å². The maximum Gasteiger partial charge on any atom is 0.315 e. The van der Waals surface area contributed by atoms with Crippen molar-refractivity contribution in [3.8, 4) is 0 Å². The van der Waals surface area contributed by atoms with Gasteiger partial charge >= 0.3 is 6.03 Å². The minimum Gasteiger partial charge on any atom is -0.377 e. The molecule has 146 valence electrons. The van der Waals surface area contributed by atoms with Crippen LogP contribution in [0.2, 0.25) is 5.02 Å². The molecule has 0 spiro atoms. The summed E-state index contributed by atoms with van der Waals surface area (Å²) in [6.45, 7) is 0.661. The van der Waals surface area contributed by atoms with Gasteiger partial charge in [-0.05, 0) is 17.7 Å². The normalized spacial score (nSPS) is 17.2. The van der Waals surface area contributed by atoms with Gasteiger partial charge in [-0.15, -0.1) is 0 Å². The predicted octanol–water partition coefficient (Wildman–Crippen LogP) is 3.54. The summed E-state index contributed by atoms with van der Waals surface area (Å²) in [5.74, 6) is -1.39. The first-order chi connectivity index (χ1) is 13.5. The number of nitrogens with two attached hydrogens (primary N) is 1. The van der Waals surface area contributed by atoms with Gasteiger partial charge in [-0.3, -0.25) is 0 Å². The Morgan fingerprint density at radius 1 is 1.43 bits per heavy atom. The number of amides is 2. The van der Waals surface area contributed by atoms with Gasteiger partial charge in [-0.25, -0.2) is 18.6 Å². The maximum absolute atomic E-state index is 15.3. The molecule has 0 saturated carbocycles. The number of nitrogens with zero attached hydrogens (tertiary/aromatic N) is 2. The number of carbonyl (C=O) groups is 1. The van der Waals surface area contributed by atoms with Gasteiger partial charge in [0.15, 0.2) is 0 Å². The topological polar surface area (TPSA) is 84.2 Å². The zero-order chi connectivity index (χ0) is 19.8. The number of aromatic nitrogens is 2. The van der Waals surface area contributed by atoms with Crippen LogP contribution in [0, 0.1) is 11.6 Å². The molecule has 0 aliphatic carbocycles. The molecule has 1 aromatic carbocycles. The molecule has 0 bridgehead atoms. The van der Waals surface area contributed by atoms with E-state index in [1.54, 1.807) is 12.3 Å². The lowest BCUT2D eigenvalue weighted by Gasteiger charge is -2.35. The third kappa shape index (κ3) is 3.29. The first-order valence-corrected chi connectivity index (χ1v) is 9.05. The van der Waals surface area contributed by atoms with Gasteiger partial charge in [-0.2, -0.15) is 0 Å². The molecule has 1 aliphatic heterocycles. The molecule has 1 aliphatic rings. The van der Waals surface area contributed by atoms with E-state index in [2.05, 4.69) is 9.97 Å². The Morgan fingerprint density at radius 3 is 3.04 bits per heavy atom. The summed E-state index contributed by atoms with van der Waals surface area (Å²) in [5.41, 5.74) is 6.72. The Labute approximate surface area is 164 Å². The lowest BCUT2D eigenvalue weighted by Crippen LogP contribution is -2.46. The number of primary amides is 1. The molecule has 6 nitrogen and oxygen atoms in total. The lowest BCUT2D eigenvalue weighted by atomic mass is 9.97. The SMILES string of the molecule is NC(=O)N1CCOCC1c1ccc(F)c(Cc2c[nH]c3ncc(Cl)cc23)c1F. The van der Waals surface area contributed by atoms with Crippen LogP contribution in [-0.2, 0) is 11.2 Å². The van der Waals surface area contributed by atoms with Gasteiger partial charge in [0.05, 0.1) is 24.3 Å². The molecule has 1 atom stereocenters. The number of morpholine rings is 1. The van der Waals surface area contributed by atoms with E-state index in [1.807, 2.05) is 0 Å². The van der Waals surface area contributed by atoms with Crippen molar-refractivity contribution >= 4 is 28.7 Å². The second-order valence-electron chi connectivity index (χ2n) is 6.59. The van der Waals surface area contributed by atoms with Gasteiger partial charge in [-0.1, -0.05) is 17.7 Å². The highest BCUT2D eigenvalue weighted by Crippen LogP contribution is 2.31. The van der Waals surface area contributed by atoms with Gasteiger partial charge < -0.3 is 20.4 Å². The Hall–Kier alpha value is -2.71. The number of rotatable bonds is 3. The van der Waals surface area contributed by atoms with Crippen LogP contribution in [0.5, 0.6) is 0 Å². The third-order valence-electron chi connectivity index (χ3n) is 4.94. The zero-order valence-corrected chi connectivity index (χ0v) is 15.5. The molecule has 2 aromatic heterocycles. The van der Waals surface area contributed by atoms with Gasteiger partial charge in [0.2, 0.25) is 0 Å². The zero-order valence-electron chi connectivity index (χ0n) is 14.7. The van der Waals surface area contributed by atoms with Gasteiger partial charge in [0, 0.05) is 41.9 Å². The quantitative estimate of drug-likeness (QED) is 0.697. The molecule has 1 saturated heterocycles. The van der Waals surface area contributed by atoms with E-state index in [1.165, 1.54) is 23.2 Å². The second-order valence-corrected chi connectivity index (χ2v) is 7.03. The number of benzene rings is 1. The number of H-pyrrole nitrogens is 1. The minimum atomic E-state index is -0.717. The number of urea groups is 1. The number of nitrogens with one attached hydrogen (secondary N) is 1. The number of hydrogen-bond acceptors (Lipinski definition) is 3. The van der Waals surface area contributed by atoms with Crippen molar-refractivity contribution in [2.24, 2.45) is 5.73 Å². The van der Waals surface area contributed by atoms with Crippen molar-refractivity contribution < 1.29 is 18.3 Å². The third-order valence-corrected chi connectivity index (χ3v) is 5.14. The Bertz CT molecular complexity index is 1060. The molecule has 0 radical (unpaired) electrons. The standard InChI is InChI=1S/C19H17ClF2N4O2/c20-11-6-13-10(7-24-18(13)25-8-11)5-14-15(21)2-1-12(17(14)22)16-9-28-4-3-26(16)19(23)27/h1-2,6-8,16H,3-5,9H2,(H2,23,27)(H,24,25). The molecule has 3 heterocycles. The van der Waals surface area contributed by atoms with E-state index in [4.69, 9.17) is 22.1 Å². The summed E-state index contributed by atoms with van der Waals surface area (Å²) in [6, 6.07) is 2.85. The first-order valence-electron chi connectivity index (χ1n) is 8.68. The van der Waals surface area contributed by atoms with E-state index in [-0.39, 0.29) is 30.7 Å². The summed E-state index contributed by atoms with van der Waals surface area (Å²) in [7, 11) is 0. The van der Waals surface area contributed by atoms with Crippen LogP contribution in [0.4, 0.5) is 13.6 Å². The van der Waals surface area contributed by atoms with Crippen molar-refractivity contribution in [3.63, 3.8) is 0 Å². The average Bonchev–Trinajstić information content (AvgIpc) is 3.07. The lowest BCUT2D eigenvalue weighted by molar-refractivity contribution is 0.0125. The second kappa shape index (κ2) is 7.37. The summed E-state index contributed by atoms with van der Waals surface area (Å²) in [4.78, 5) is 20.2. The number of pyridine rings is 1. The van der Waals surface area contributed by atoms with Crippen molar-refractivity contribution in [2.45, 2.75) is 12.5 Å². The maximum atomic E-state index is 15.3. The Kier molecular flexibility index (Phi) is 4.91. The first kappa shape index (κ1) is 18.6. The fraction of sp³-hybridized carbons (Fsp3) is 0.263. The van der Waals surface area contributed by atoms with E-state index >= 15 is 4.39 Å². The van der Waals surface area contributed by atoms with Gasteiger partial charge in [0.25, 0.3) is 0 Å². The van der Waals surface area contributed by atoms with Crippen molar-refractivity contribution in [2.75, 3.05) is 19.8 Å². The van der Waals surface area contributed by atoms with Crippen LogP contribution in [0.15, 0.2) is 30.6 Å². The molecular formula is C19H17ClF2N4O2. The number of carbonyl (C=O) groups excluding carboxylic acids is 1. The molecule has 9 heteroatoms. The van der Waals surface area contributed by atoms with E-state index in [0.717, 1.165) is 0 Å². The molecule has 3 aromatic rings. The monoisotopic (exact) mass is 406 g/mol. The summed E-state index contributed by atoms with van der Waals surface area (Å²) >= 11 is 6.00. The van der Waals surface area contributed by atoms with Gasteiger partial charge in [0.1, 0.15) is 17.3 Å². The van der Waals surface area contributed by atoms with Crippen LogP contribution in [0.1, 0.15) is 22.7 Å². The fourth-order valence-corrected chi connectivity index (χ4v) is 3.69. The highest BCUT2D eigenvalue weighted by Gasteiger charge is 2.31. The smallest absolute Gasteiger partial charge is 0.315 e. The average molecular weight is 407 g/mol. The van der Waals surface area contributed by atoms with Crippen molar-refractivity contribution in [3.05, 3.63) is 63.9 Å². The summed E-state index contributed by atoms with van der Waals surface area (Å²) in [5, 5.41) is 1.12. The molecule has 2 amide bonds. The van der Waals surface area contributed by atoms with E-state index in [0.29, 0.717) is 28.2 Å². The highest BCUT2D eigenvalue weighted by molar-refractivity contribution is 6.31. The molecule has 3 N–H and O–H groups in total. The summed E-state index contributed by atoms with van der Waals surface area (Å²) in [6.07, 6.45) is 3.14. The Balaban J connectivity index is 1.74. The fourth-order valence-electron chi connectivity index (χ4n) is 3.53. The van der Waals surface area contributed by atoms with E-state index < -0.39 is 23.7 Å². The van der Waals surface area contributed by atoms with Crippen LogP contribution in [0.3, 0.4) is 0 Å². The minimum absolute atomic E-state index is 0.00230. The Morgan fingerprint density at radius 2 is 2.25 bits per heavy atom. The van der Waals surface area contributed by atoms with Crippen LogP contribution < -0.4 is 5.73 Å². The summed E-state index contributed by atoms with van der Waals surface area (Å²) < 4.78 is 35.2. The number of halogens is 3. The number of aromatic amines is 1. The van der Waals surface area contributed by atoms with E-state index in [9.17, 15) is 9.18 Å². The number of hydrogen-bond donors (Lipinski definition) is 2. The molecule has 1 unspecified atom stereocenters. The van der Waals surface area contributed by atoms with Crippen LogP contribution in [-0.4, -0.2) is 40.7 Å². The molecule has 4 rings (SSSR count). The molecule has 28 heavy (non-hydrogen) atoms. The largest absolute Gasteiger partial charge is 0.377 e. The number of ether oxygens (including phenoxy) is 1.